The Kier molecular flexibility index (Phi) is 2.23. The number of rotatable bonds is 3. The standard InChI is InChI=1S/C11H14O2/c1-8(12)9-3-2-4-11(7-9)13-10-5-6-10/h2-4,7-8,10,12H,5-6H2,1H3. The van der Waals surface area contributed by atoms with Crippen molar-refractivity contribution in [3.8, 4) is 5.75 Å². The fourth-order valence-corrected chi connectivity index (χ4v) is 1.23. The van der Waals surface area contributed by atoms with Crippen molar-refractivity contribution < 1.29 is 9.84 Å². The van der Waals surface area contributed by atoms with Gasteiger partial charge in [-0.15, -0.1) is 0 Å². The lowest BCUT2D eigenvalue weighted by Crippen LogP contribution is -1.97. The van der Waals surface area contributed by atoms with Gasteiger partial charge in [0.05, 0.1) is 12.2 Å². The lowest BCUT2D eigenvalue weighted by molar-refractivity contribution is 0.198. The summed E-state index contributed by atoms with van der Waals surface area (Å²) in [5, 5.41) is 9.34. The van der Waals surface area contributed by atoms with E-state index < -0.39 is 6.10 Å². The lowest BCUT2D eigenvalue weighted by atomic mass is 10.1. The van der Waals surface area contributed by atoms with Crippen molar-refractivity contribution in [3.05, 3.63) is 29.8 Å². The summed E-state index contributed by atoms with van der Waals surface area (Å²) < 4.78 is 5.60. The maximum Gasteiger partial charge on any atom is 0.120 e. The summed E-state index contributed by atoms with van der Waals surface area (Å²) >= 11 is 0. The Morgan fingerprint density at radius 1 is 1.46 bits per heavy atom. The van der Waals surface area contributed by atoms with Gasteiger partial charge >= 0.3 is 0 Å². The molecule has 0 amide bonds. The summed E-state index contributed by atoms with van der Waals surface area (Å²) in [5.74, 6) is 0.876. The second-order valence-electron chi connectivity index (χ2n) is 3.57. The Bertz CT molecular complexity index is 290. The van der Waals surface area contributed by atoms with Crippen LogP contribution in [-0.4, -0.2) is 11.2 Å². The molecule has 1 aliphatic carbocycles. The minimum absolute atomic E-state index is 0.414. The molecule has 0 aliphatic heterocycles. The summed E-state index contributed by atoms with van der Waals surface area (Å²) in [6.07, 6.45) is 2.34. The highest BCUT2D eigenvalue weighted by atomic mass is 16.5. The first-order valence-electron chi connectivity index (χ1n) is 4.70. The largest absolute Gasteiger partial charge is 0.490 e. The highest BCUT2D eigenvalue weighted by Crippen LogP contribution is 2.28. The number of aliphatic hydroxyl groups is 1. The molecule has 0 bridgehead atoms. The van der Waals surface area contributed by atoms with E-state index in [1.54, 1.807) is 6.92 Å². The van der Waals surface area contributed by atoms with Crippen LogP contribution in [0.1, 0.15) is 31.4 Å². The minimum Gasteiger partial charge on any atom is -0.490 e. The lowest BCUT2D eigenvalue weighted by Gasteiger charge is -2.08. The zero-order chi connectivity index (χ0) is 9.26. The molecule has 1 atom stereocenters. The number of benzene rings is 1. The molecule has 13 heavy (non-hydrogen) atoms. The Balaban J connectivity index is 2.11. The van der Waals surface area contributed by atoms with E-state index in [1.807, 2.05) is 24.3 Å². The van der Waals surface area contributed by atoms with E-state index in [9.17, 15) is 5.11 Å². The molecule has 0 radical (unpaired) electrons. The molecule has 70 valence electrons. The maximum atomic E-state index is 9.34. The smallest absolute Gasteiger partial charge is 0.120 e. The van der Waals surface area contributed by atoms with E-state index in [0.717, 1.165) is 11.3 Å². The highest BCUT2D eigenvalue weighted by Gasteiger charge is 2.23. The van der Waals surface area contributed by atoms with Gasteiger partial charge in [0.2, 0.25) is 0 Å². The van der Waals surface area contributed by atoms with E-state index in [4.69, 9.17) is 4.74 Å². The van der Waals surface area contributed by atoms with Crippen LogP contribution in [0, 0.1) is 0 Å². The van der Waals surface area contributed by atoms with Gasteiger partial charge in [-0.3, -0.25) is 0 Å². The van der Waals surface area contributed by atoms with Gasteiger partial charge in [-0.2, -0.15) is 0 Å². The summed E-state index contributed by atoms with van der Waals surface area (Å²) in [5.41, 5.74) is 0.915. The van der Waals surface area contributed by atoms with E-state index in [1.165, 1.54) is 12.8 Å². The molecule has 2 rings (SSSR count). The average molecular weight is 178 g/mol. The van der Waals surface area contributed by atoms with Gasteiger partial charge in [0.1, 0.15) is 5.75 Å². The third kappa shape index (κ3) is 2.22. The summed E-state index contributed by atoms with van der Waals surface area (Å²) in [6.45, 7) is 1.76. The number of hydrogen-bond donors (Lipinski definition) is 1. The molecular weight excluding hydrogens is 164 g/mol. The van der Waals surface area contributed by atoms with Gasteiger partial charge in [0, 0.05) is 0 Å². The molecular formula is C11H14O2. The van der Waals surface area contributed by atoms with Crippen molar-refractivity contribution in [2.75, 3.05) is 0 Å². The third-order valence-corrected chi connectivity index (χ3v) is 2.17. The molecule has 1 fully saturated rings. The van der Waals surface area contributed by atoms with Gasteiger partial charge in [-0.05, 0) is 37.5 Å². The fraction of sp³-hybridized carbons (Fsp3) is 0.455. The molecule has 1 unspecified atom stereocenters. The average Bonchev–Trinajstić information content (AvgIpc) is 2.89. The van der Waals surface area contributed by atoms with E-state index in [-0.39, 0.29) is 0 Å². The fourth-order valence-electron chi connectivity index (χ4n) is 1.23. The number of aliphatic hydroxyl groups excluding tert-OH is 1. The van der Waals surface area contributed by atoms with Crippen LogP contribution in [0.4, 0.5) is 0 Å². The van der Waals surface area contributed by atoms with Crippen LogP contribution in [0.3, 0.4) is 0 Å². The van der Waals surface area contributed by atoms with Crippen LogP contribution in [0.2, 0.25) is 0 Å². The molecule has 0 spiro atoms. The van der Waals surface area contributed by atoms with E-state index in [2.05, 4.69) is 0 Å². The third-order valence-electron chi connectivity index (χ3n) is 2.17. The van der Waals surface area contributed by atoms with Gasteiger partial charge < -0.3 is 9.84 Å². The molecule has 0 saturated heterocycles. The first-order valence-corrected chi connectivity index (χ1v) is 4.70. The predicted molar refractivity (Wildman–Crippen MR) is 50.7 cm³/mol. The molecule has 2 heteroatoms. The Hall–Kier alpha value is -1.02. The molecule has 1 N–H and O–H groups in total. The second kappa shape index (κ2) is 3.38. The zero-order valence-electron chi connectivity index (χ0n) is 7.73. The van der Waals surface area contributed by atoms with Gasteiger partial charge in [-0.25, -0.2) is 0 Å². The molecule has 1 saturated carbocycles. The maximum absolute atomic E-state index is 9.34. The molecule has 2 nitrogen and oxygen atoms in total. The van der Waals surface area contributed by atoms with Crippen LogP contribution in [-0.2, 0) is 0 Å². The Morgan fingerprint density at radius 3 is 2.85 bits per heavy atom. The zero-order valence-corrected chi connectivity index (χ0v) is 7.73. The highest BCUT2D eigenvalue weighted by molar-refractivity contribution is 5.30. The van der Waals surface area contributed by atoms with Gasteiger partial charge in [-0.1, -0.05) is 12.1 Å². The van der Waals surface area contributed by atoms with Crippen molar-refractivity contribution in [1.29, 1.82) is 0 Å². The topological polar surface area (TPSA) is 29.5 Å². The van der Waals surface area contributed by atoms with Crippen molar-refractivity contribution in [2.45, 2.75) is 32.0 Å². The Morgan fingerprint density at radius 2 is 2.23 bits per heavy atom. The minimum atomic E-state index is -0.414. The normalized spacial score (nSPS) is 18.3. The second-order valence-corrected chi connectivity index (χ2v) is 3.57. The molecule has 1 aliphatic rings. The van der Waals surface area contributed by atoms with Crippen molar-refractivity contribution >= 4 is 0 Å². The summed E-state index contributed by atoms with van der Waals surface area (Å²) in [4.78, 5) is 0. The van der Waals surface area contributed by atoms with Crippen LogP contribution in [0.5, 0.6) is 5.75 Å². The van der Waals surface area contributed by atoms with E-state index >= 15 is 0 Å². The number of ether oxygens (including phenoxy) is 1. The van der Waals surface area contributed by atoms with Crippen molar-refractivity contribution in [3.63, 3.8) is 0 Å². The summed E-state index contributed by atoms with van der Waals surface area (Å²) in [6, 6.07) is 7.66. The van der Waals surface area contributed by atoms with Crippen LogP contribution in [0.25, 0.3) is 0 Å². The van der Waals surface area contributed by atoms with Gasteiger partial charge in [0.25, 0.3) is 0 Å². The van der Waals surface area contributed by atoms with E-state index in [0.29, 0.717) is 6.10 Å². The first-order chi connectivity index (χ1) is 6.25. The van der Waals surface area contributed by atoms with Gasteiger partial charge in [0.15, 0.2) is 0 Å². The molecule has 0 aromatic heterocycles. The molecule has 1 aromatic rings. The van der Waals surface area contributed by atoms with Crippen LogP contribution >= 0.6 is 0 Å². The molecule has 0 heterocycles. The van der Waals surface area contributed by atoms with Crippen molar-refractivity contribution in [2.24, 2.45) is 0 Å². The SMILES string of the molecule is CC(O)c1cccc(OC2CC2)c1. The first kappa shape index (κ1) is 8.57. The van der Waals surface area contributed by atoms with Crippen LogP contribution in [0.15, 0.2) is 24.3 Å². The van der Waals surface area contributed by atoms with Crippen LogP contribution < -0.4 is 4.74 Å². The summed E-state index contributed by atoms with van der Waals surface area (Å²) in [7, 11) is 0. The molecule has 1 aromatic carbocycles. The quantitative estimate of drug-likeness (QED) is 0.769. The number of hydrogen-bond acceptors (Lipinski definition) is 2. The Labute approximate surface area is 78.2 Å². The van der Waals surface area contributed by atoms with Crippen molar-refractivity contribution in [1.82, 2.24) is 0 Å². The monoisotopic (exact) mass is 178 g/mol. The predicted octanol–water partition coefficient (Wildman–Crippen LogP) is 2.28.